The van der Waals surface area contributed by atoms with Gasteiger partial charge in [-0.05, 0) is 29.8 Å². The van der Waals surface area contributed by atoms with Gasteiger partial charge < -0.3 is 10.5 Å². The molecular weight excluding hydrogens is 312 g/mol. The molecule has 0 aliphatic heterocycles. The average molecular weight is 321 g/mol. The highest BCUT2D eigenvalue weighted by molar-refractivity contribution is 5.80. The standard InChI is InChI=1S/C14H9F6NO/c15-13(16,17)11-4-2-1-3-9(11)10-7-8(5-6-12(10)21)22-14(18,19)20/h1-7H,21H2. The fourth-order valence-electron chi connectivity index (χ4n) is 1.93. The summed E-state index contributed by atoms with van der Waals surface area (Å²) < 4.78 is 79.3. The average Bonchev–Trinajstić information content (AvgIpc) is 2.38. The summed E-state index contributed by atoms with van der Waals surface area (Å²) >= 11 is 0. The van der Waals surface area contributed by atoms with Crippen molar-refractivity contribution in [2.75, 3.05) is 5.73 Å². The van der Waals surface area contributed by atoms with E-state index in [-0.39, 0.29) is 16.8 Å². The molecule has 0 fully saturated rings. The zero-order chi connectivity index (χ0) is 16.5. The summed E-state index contributed by atoms with van der Waals surface area (Å²) in [4.78, 5) is 0. The number of nitrogens with two attached hydrogens (primary N) is 1. The van der Waals surface area contributed by atoms with Gasteiger partial charge in [0.05, 0.1) is 5.56 Å². The maximum atomic E-state index is 13.0. The lowest BCUT2D eigenvalue weighted by Gasteiger charge is -2.16. The topological polar surface area (TPSA) is 35.2 Å². The lowest BCUT2D eigenvalue weighted by molar-refractivity contribution is -0.274. The summed E-state index contributed by atoms with van der Waals surface area (Å²) in [7, 11) is 0. The molecule has 0 unspecified atom stereocenters. The van der Waals surface area contributed by atoms with Crippen molar-refractivity contribution in [3.63, 3.8) is 0 Å². The maximum absolute atomic E-state index is 13.0. The molecule has 0 amide bonds. The van der Waals surface area contributed by atoms with Gasteiger partial charge in [0.15, 0.2) is 0 Å². The molecule has 0 aromatic heterocycles. The molecule has 0 bridgehead atoms. The zero-order valence-corrected chi connectivity index (χ0v) is 10.8. The molecule has 0 saturated carbocycles. The minimum Gasteiger partial charge on any atom is -0.406 e. The van der Waals surface area contributed by atoms with Crippen molar-refractivity contribution in [1.29, 1.82) is 0 Å². The highest BCUT2D eigenvalue weighted by atomic mass is 19.4. The van der Waals surface area contributed by atoms with Gasteiger partial charge in [-0.25, -0.2) is 0 Å². The molecule has 0 aliphatic rings. The van der Waals surface area contributed by atoms with Gasteiger partial charge in [0.1, 0.15) is 5.75 Å². The number of rotatable bonds is 2. The highest BCUT2D eigenvalue weighted by Gasteiger charge is 2.34. The van der Waals surface area contributed by atoms with E-state index in [4.69, 9.17) is 5.73 Å². The molecule has 0 spiro atoms. The van der Waals surface area contributed by atoms with Crippen LogP contribution in [0.1, 0.15) is 5.56 Å². The van der Waals surface area contributed by atoms with Crippen LogP contribution < -0.4 is 10.5 Å². The molecule has 0 radical (unpaired) electrons. The summed E-state index contributed by atoms with van der Waals surface area (Å²) in [5.41, 5.74) is 4.00. The molecule has 0 saturated heterocycles. The van der Waals surface area contributed by atoms with Crippen LogP contribution in [0.25, 0.3) is 11.1 Å². The van der Waals surface area contributed by atoms with E-state index in [2.05, 4.69) is 4.74 Å². The molecule has 2 aromatic rings. The fraction of sp³-hybridized carbons (Fsp3) is 0.143. The third-order valence-corrected chi connectivity index (χ3v) is 2.78. The van der Waals surface area contributed by atoms with Gasteiger partial charge >= 0.3 is 12.5 Å². The normalized spacial score (nSPS) is 12.3. The second kappa shape index (κ2) is 5.43. The molecule has 118 valence electrons. The number of hydrogen-bond donors (Lipinski definition) is 1. The van der Waals surface area contributed by atoms with Gasteiger partial charge in [0.25, 0.3) is 0 Å². The van der Waals surface area contributed by atoms with Gasteiger partial charge in [-0.1, -0.05) is 18.2 Å². The third-order valence-electron chi connectivity index (χ3n) is 2.78. The number of benzene rings is 2. The Morgan fingerprint density at radius 3 is 2.05 bits per heavy atom. The van der Waals surface area contributed by atoms with Crippen LogP contribution in [0.4, 0.5) is 32.0 Å². The number of ether oxygens (including phenoxy) is 1. The lowest BCUT2D eigenvalue weighted by atomic mass is 9.97. The number of alkyl halides is 6. The van der Waals surface area contributed by atoms with Crippen LogP contribution in [0.15, 0.2) is 42.5 Å². The number of nitrogen functional groups attached to an aromatic ring is 1. The van der Waals surface area contributed by atoms with Crippen LogP contribution in [0.2, 0.25) is 0 Å². The molecule has 0 atom stereocenters. The van der Waals surface area contributed by atoms with E-state index in [1.165, 1.54) is 12.1 Å². The Morgan fingerprint density at radius 1 is 0.818 bits per heavy atom. The molecule has 2 rings (SSSR count). The van der Waals surface area contributed by atoms with Crippen molar-refractivity contribution in [1.82, 2.24) is 0 Å². The van der Waals surface area contributed by atoms with Gasteiger partial charge in [-0.2, -0.15) is 13.2 Å². The van der Waals surface area contributed by atoms with Gasteiger partial charge in [0.2, 0.25) is 0 Å². The SMILES string of the molecule is Nc1ccc(OC(F)(F)F)cc1-c1ccccc1C(F)(F)F. The first-order valence-electron chi connectivity index (χ1n) is 5.90. The fourth-order valence-corrected chi connectivity index (χ4v) is 1.93. The van der Waals surface area contributed by atoms with E-state index in [0.717, 1.165) is 30.3 Å². The zero-order valence-electron chi connectivity index (χ0n) is 10.8. The van der Waals surface area contributed by atoms with E-state index >= 15 is 0 Å². The molecule has 0 aliphatic carbocycles. The van der Waals surface area contributed by atoms with Crippen molar-refractivity contribution in [3.05, 3.63) is 48.0 Å². The van der Waals surface area contributed by atoms with Crippen molar-refractivity contribution >= 4 is 5.69 Å². The van der Waals surface area contributed by atoms with Crippen LogP contribution in [0.5, 0.6) is 5.75 Å². The third kappa shape index (κ3) is 3.63. The first-order chi connectivity index (χ1) is 10.1. The van der Waals surface area contributed by atoms with Gasteiger partial charge in [-0.15, -0.1) is 13.2 Å². The van der Waals surface area contributed by atoms with Crippen LogP contribution in [0, 0.1) is 0 Å². The molecule has 2 aromatic carbocycles. The Kier molecular flexibility index (Phi) is 3.95. The molecule has 8 heteroatoms. The summed E-state index contributed by atoms with van der Waals surface area (Å²) in [5.74, 6) is -0.645. The molecule has 2 N–H and O–H groups in total. The molecular formula is C14H9F6NO. The van der Waals surface area contributed by atoms with Crippen molar-refractivity contribution < 1.29 is 31.1 Å². The second-order valence-electron chi connectivity index (χ2n) is 4.34. The molecule has 2 nitrogen and oxygen atoms in total. The molecule has 22 heavy (non-hydrogen) atoms. The van der Waals surface area contributed by atoms with Crippen molar-refractivity contribution in [3.8, 4) is 16.9 Å². The Balaban J connectivity index is 2.56. The van der Waals surface area contributed by atoms with Crippen LogP contribution in [0.3, 0.4) is 0 Å². The Labute approximate surface area is 121 Å². The lowest BCUT2D eigenvalue weighted by Crippen LogP contribution is -2.17. The Hall–Kier alpha value is -2.38. The Morgan fingerprint density at radius 2 is 1.45 bits per heavy atom. The summed E-state index contributed by atoms with van der Waals surface area (Å²) in [6, 6.07) is 7.29. The minimum atomic E-state index is -4.95. The predicted octanol–water partition coefficient (Wildman–Crippen LogP) is 4.85. The highest BCUT2D eigenvalue weighted by Crippen LogP contribution is 2.40. The quantitative estimate of drug-likeness (QED) is 0.634. The summed E-state index contributed by atoms with van der Waals surface area (Å²) in [6.07, 6.45) is -9.61. The number of halogens is 6. The maximum Gasteiger partial charge on any atom is 0.573 e. The molecule has 0 heterocycles. The first kappa shape index (κ1) is 16.0. The monoisotopic (exact) mass is 321 g/mol. The number of anilines is 1. The van der Waals surface area contributed by atoms with E-state index in [1.54, 1.807) is 0 Å². The minimum absolute atomic E-state index is 0.0915. The van der Waals surface area contributed by atoms with Crippen molar-refractivity contribution in [2.24, 2.45) is 0 Å². The van der Waals surface area contributed by atoms with Gasteiger partial charge in [-0.3, -0.25) is 0 Å². The number of hydrogen-bond acceptors (Lipinski definition) is 2. The van der Waals surface area contributed by atoms with E-state index in [0.29, 0.717) is 0 Å². The largest absolute Gasteiger partial charge is 0.573 e. The van der Waals surface area contributed by atoms with E-state index in [1.807, 2.05) is 0 Å². The smallest absolute Gasteiger partial charge is 0.406 e. The van der Waals surface area contributed by atoms with Crippen LogP contribution in [-0.4, -0.2) is 6.36 Å². The first-order valence-corrected chi connectivity index (χ1v) is 5.90. The Bertz CT molecular complexity index is 678. The second-order valence-corrected chi connectivity index (χ2v) is 4.34. The van der Waals surface area contributed by atoms with E-state index < -0.39 is 23.9 Å². The summed E-state index contributed by atoms with van der Waals surface area (Å²) in [5, 5.41) is 0. The summed E-state index contributed by atoms with van der Waals surface area (Å²) in [6.45, 7) is 0. The van der Waals surface area contributed by atoms with Crippen LogP contribution >= 0.6 is 0 Å². The van der Waals surface area contributed by atoms with E-state index in [9.17, 15) is 26.3 Å². The predicted molar refractivity (Wildman–Crippen MR) is 68.0 cm³/mol. The van der Waals surface area contributed by atoms with Gasteiger partial charge in [0, 0.05) is 11.3 Å². The van der Waals surface area contributed by atoms with Crippen molar-refractivity contribution in [2.45, 2.75) is 12.5 Å². The van der Waals surface area contributed by atoms with Crippen LogP contribution in [-0.2, 0) is 6.18 Å².